The van der Waals surface area contributed by atoms with Crippen molar-refractivity contribution < 1.29 is 33.1 Å². The van der Waals surface area contributed by atoms with Gasteiger partial charge in [0.1, 0.15) is 30.3 Å². The first-order valence-corrected chi connectivity index (χ1v) is 16.7. The number of amides is 5. The van der Waals surface area contributed by atoms with E-state index in [-0.39, 0.29) is 73.3 Å². The molecule has 0 saturated carbocycles. The van der Waals surface area contributed by atoms with Gasteiger partial charge in [-0.25, -0.2) is 4.39 Å². The normalized spacial score (nSPS) is 21.8. The van der Waals surface area contributed by atoms with Gasteiger partial charge in [-0.15, -0.1) is 0 Å². The van der Waals surface area contributed by atoms with Gasteiger partial charge >= 0.3 is 0 Å². The van der Waals surface area contributed by atoms with Crippen LogP contribution in [0.2, 0.25) is 0 Å². The number of hydrogen-bond acceptors (Lipinski definition) is 6. The van der Waals surface area contributed by atoms with Crippen molar-refractivity contribution in [2.24, 2.45) is 5.92 Å². The SMILES string of the molecule is CC(C)C[C@H]1COc2ccccc2C(=O)N[C@H](C(=O)NCC(C)(C)c2ccc(F)cc2)CCC(=O)N2CCC[C@H]2C(=O)N(C)CC(=O)N1. The van der Waals surface area contributed by atoms with E-state index in [9.17, 15) is 28.4 Å². The molecule has 2 aliphatic heterocycles. The molecule has 2 heterocycles. The van der Waals surface area contributed by atoms with Gasteiger partial charge in [-0.3, -0.25) is 24.0 Å². The Bertz CT molecular complexity index is 1480. The number of likely N-dealkylation sites (N-methyl/N-ethyl adjacent to an activating group) is 1. The van der Waals surface area contributed by atoms with E-state index < -0.39 is 35.4 Å². The summed E-state index contributed by atoms with van der Waals surface area (Å²) < 4.78 is 19.6. The molecule has 5 amide bonds. The van der Waals surface area contributed by atoms with Crippen LogP contribution >= 0.6 is 0 Å². The fraction of sp³-hybridized carbons (Fsp3) is 0.528. The lowest BCUT2D eigenvalue weighted by Gasteiger charge is -2.30. The maximum absolute atomic E-state index is 13.7. The zero-order valence-electron chi connectivity index (χ0n) is 28.5. The summed E-state index contributed by atoms with van der Waals surface area (Å²) in [6.45, 7) is 8.34. The summed E-state index contributed by atoms with van der Waals surface area (Å²) in [5.41, 5.74) is 0.464. The average molecular weight is 666 g/mol. The Kier molecular flexibility index (Phi) is 12.2. The van der Waals surface area contributed by atoms with E-state index in [1.54, 1.807) is 43.4 Å². The average Bonchev–Trinajstić information content (AvgIpc) is 3.53. The van der Waals surface area contributed by atoms with Crippen LogP contribution in [-0.2, 0) is 24.6 Å². The second-order valence-electron chi connectivity index (χ2n) is 13.8. The van der Waals surface area contributed by atoms with Gasteiger partial charge in [0, 0.05) is 32.0 Å². The lowest BCUT2D eigenvalue weighted by atomic mass is 9.84. The van der Waals surface area contributed by atoms with Crippen LogP contribution in [0.15, 0.2) is 48.5 Å². The molecule has 2 aromatic carbocycles. The maximum atomic E-state index is 13.7. The predicted octanol–water partition coefficient (Wildman–Crippen LogP) is 3.17. The van der Waals surface area contributed by atoms with Crippen LogP contribution in [0.5, 0.6) is 5.75 Å². The van der Waals surface area contributed by atoms with Gasteiger partial charge in [0.15, 0.2) is 0 Å². The summed E-state index contributed by atoms with van der Waals surface area (Å²) >= 11 is 0. The minimum atomic E-state index is -1.08. The molecule has 2 aromatic rings. The van der Waals surface area contributed by atoms with Gasteiger partial charge in [-0.2, -0.15) is 0 Å². The summed E-state index contributed by atoms with van der Waals surface area (Å²) in [5.74, 6) is -1.89. The zero-order valence-corrected chi connectivity index (χ0v) is 28.5. The molecule has 0 spiro atoms. The first kappa shape index (κ1) is 36.4. The largest absolute Gasteiger partial charge is 0.491 e. The van der Waals surface area contributed by atoms with Crippen molar-refractivity contribution in [1.29, 1.82) is 0 Å². The van der Waals surface area contributed by atoms with Crippen LogP contribution in [0, 0.1) is 11.7 Å². The third-order valence-corrected chi connectivity index (χ3v) is 8.91. The predicted molar refractivity (Wildman–Crippen MR) is 179 cm³/mol. The number of fused-ring (bicyclic) bond motifs is 2. The van der Waals surface area contributed by atoms with Crippen molar-refractivity contribution in [3.8, 4) is 5.75 Å². The fourth-order valence-corrected chi connectivity index (χ4v) is 6.20. The van der Waals surface area contributed by atoms with Crippen LogP contribution in [-0.4, -0.2) is 90.8 Å². The van der Waals surface area contributed by atoms with Crippen molar-refractivity contribution in [1.82, 2.24) is 25.8 Å². The van der Waals surface area contributed by atoms with Gasteiger partial charge in [-0.05, 0) is 61.4 Å². The molecule has 12 heteroatoms. The quantitative estimate of drug-likeness (QED) is 0.434. The highest BCUT2D eigenvalue weighted by molar-refractivity contribution is 6.00. The number of benzene rings is 2. The second kappa shape index (κ2) is 16.1. The summed E-state index contributed by atoms with van der Waals surface area (Å²) in [6, 6.07) is 10.5. The molecule has 11 nitrogen and oxygen atoms in total. The Hall–Kier alpha value is -4.48. The monoisotopic (exact) mass is 665 g/mol. The topological polar surface area (TPSA) is 137 Å². The molecule has 48 heavy (non-hydrogen) atoms. The van der Waals surface area contributed by atoms with Crippen LogP contribution in [0.3, 0.4) is 0 Å². The minimum Gasteiger partial charge on any atom is -0.491 e. The van der Waals surface area contributed by atoms with Crippen LogP contribution in [0.1, 0.15) is 75.7 Å². The number of rotatable bonds is 6. The van der Waals surface area contributed by atoms with Gasteiger partial charge in [0.25, 0.3) is 5.91 Å². The van der Waals surface area contributed by atoms with E-state index >= 15 is 0 Å². The smallest absolute Gasteiger partial charge is 0.255 e. The number of nitrogens with zero attached hydrogens (tertiary/aromatic N) is 2. The summed E-state index contributed by atoms with van der Waals surface area (Å²) in [5, 5.41) is 8.69. The van der Waals surface area contributed by atoms with E-state index in [4.69, 9.17) is 4.74 Å². The van der Waals surface area contributed by atoms with Crippen LogP contribution in [0.25, 0.3) is 0 Å². The summed E-state index contributed by atoms with van der Waals surface area (Å²) in [7, 11) is 1.55. The second-order valence-corrected chi connectivity index (χ2v) is 13.8. The van der Waals surface area contributed by atoms with E-state index in [0.29, 0.717) is 25.8 Å². The Morgan fingerprint density at radius 1 is 1.04 bits per heavy atom. The van der Waals surface area contributed by atoms with Gasteiger partial charge in [0.05, 0.1) is 18.2 Å². The van der Waals surface area contributed by atoms with Crippen molar-refractivity contribution in [3.63, 3.8) is 0 Å². The van der Waals surface area contributed by atoms with Gasteiger partial charge in [-0.1, -0.05) is 52.0 Å². The number of nitrogens with one attached hydrogen (secondary N) is 3. The first-order chi connectivity index (χ1) is 22.7. The number of para-hydroxylation sites is 1. The Morgan fingerprint density at radius 3 is 2.46 bits per heavy atom. The molecule has 4 rings (SSSR count). The third-order valence-electron chi connectivity index (χ3n) is 8.91. The lowest BCUT2D eigenvalue weighted by molar-refractivity contribution is -0.144. The molecule has 0 aliphatic carbocycles. The molecule has 0 bridgehead atoms. The van der Waals surface area contributed by atoms with Gasteiger partial charge in [0.2, 0.25) is 23.6 Å². The Morgan fingerprint density at radius 2 is 1.75 bits per heavy atom. The van der Waals surface area contributed by atoms with Crippen LogP contribution in [0.4, 0.5) is 4.39 Å². The minimum absolute atomic E-state index is 0.0114. The van der Waals surface area contributed by atoms with Crippen molar-refractivity contribution in [2.75, 3.05) is 33.3 Å². The number of halogens is 1. The Labute approximate surface area is 281 Å². The highest BCUT2D eigenvalue weighted by Gasteiger charge is 2.37. The van der Waals surface area contributed by atoms with E-state index in [2.05, 4.69) is 16.0 Å². The molecular weight excluding hydrogens is 617 g/mol. The van der Waals surface area contributed by atoms with E-state index in [1.807, 2.05) is 27.7 Å². The Balaban J connectivity index is 1.61. The molecule has 3 N–H and O–H groups in total. The third kappa shape index (κ3) is 9.54. The summed E-state index contributed by atoms with van der Waals surface area (Å²) in [6.07, 6.45) is 1.59. The molecule has 0 radical (unpaired) electrons. The molecular formula is C36H48FN5O6. The molecule has 0 aromatic heterocycles. The van der Waals surface area contributed by atoms with Crippen molar-refractivity contribution in [3.05, 3.63) is 65.5 Å². The van der Waals surface area contributed by atoms with E-state index in [1.165, 1.54) is 21.9 Å². The van der Waals surface area contributed by atoms with Gasteiger partial charge < -0.3 is 30.5 Å². The zero-order chi connectivity index (χ0) is 35.0. The highest BCUT2D eigenvalue weighted by atomic mass is 19.1. The summed E-state index contributed by atoms with van der Waals surface area (Å²) in [4.78, 5) is 70.2. The molecule has 3 atom stereocenters. The maximum Gasteiger partial charge on any atom is 0.255 e. The number of carbonyl (C=O) groups is 5. The highest BCUT2D eigenvalue weighted by Crippen LogP contribution is 2.24. The standard InChI is InChI=1S/C36H48FN5O6/c1-23(2)19-26-21-48-30-11-7-6-9-27(30)33(45)40-28(34(46)38-22-36(3,4)24-12-14-25(37)15-13-24)16-17-32(44)42-18-8-10-29(42)35(47)41(5)20-31(43)39-26/h6-7,9,11-15,23,26,28-29H,8,10,16-22H2,1-5H3,(H,38,46)(H,39,43)(H,40,45)/t26-,28-,29-/m0/s1. The molecule has 0 unspecified atom stereocenters. The fourth-order valence-electron chi connectivity index (χ4n) is 6.20. The molecule has 1 fully saturated rings. The first-order valence-electron chi connectivity index (χ1n) is 16.7. The molecule has 2 aliphatic rings. The number of hydrogen-bond donors (Lipinski definition) is 3. The van der Waals surface area contributed by atoms with Crippen molar-refractivity contribution >= 4 is 29.5 Å². The number of carbonyl (C=O) groups excluding carboxylic acids is 5. The molecule has 1 saturated heterocycles. The lowest BCUT2D eigenvalue weighted by Crippen LogP contribution is -2.52. The molecule has 260 valence electrons. The number of ether oxygens (including phenoxy) is 1. The van der Waals surface area contributed by atoms with Crippen LogP contribution < -0.4 is 20.7 Å². The van der Waals surface area contributed by atoms with E-state index in [0.717, 1.165) is 5.56 Å². The van der Waals surface area contributed by atoms with Crippen molar-refractivity contribution in [2.45, 2.75) is 83.3 Å².